The van der Waals surface area contributed by atoms with Crippen molar-refractivity contribution in [1.82, 2.24) is 0 Å². The molecule has 0 saturated heterocycles. The van der Waals surface area contributed by atoms with Gasteiger partial charge in [-0.3, -0.25) is 0 Å². The second kappa shape index (κ2) is 8.01. The minimum Gasteiger partial charge on any atom is -0.0836 e. The van der Waals surface area contributed by atoms with E-state index in [2.05, 4.69) is 109 Å². The average molecular weight is 336 g/mol. The van der Waals surface area contributed by atoms with Gasteiger partial charge in [0.1, 0.15) is 0 Å². The normalized spacial score (nSPS) is 22.3. The predicted octanol–water partition coefficient (Wildman–Crippen LogP) is 6.86. The van der Waals surface area contributed by atoms with E-state index in [0.717, 1.165) is 12.8 Å². The topological polar surface area (TPSA) is 0 Å². The third-order valence-electron chi connectivity index (χ3n) is 5.16. The van der Waals surface area contributed by atoms with Crippen molar-refractivity contribution >= 4 is 11.1 Å². The summed E-state index contributed by atoms with van der Waals surface area (Å²) in [5.74, 6) is 0.828. The van der Waals surface area contributed by atoms with Gasteiger partial charge in [0.2, 0.25) is 0 Å². The SMILES string of the molecule is C1=CCC(/C(=C(/c2ccccc2)C2C=CC=CC2)c2ccccc2)C=C1. The summed E-state index contributed by atoms with van der Waals surface area (Å²) < 4.78 is 0. The Morgan fingerprint density at radius 3 is 1.31 bits per heavy atom. The fourth-order valence-electron chi connectivity index (χ4n) is 3.96. The minimum atomic E-state index is 0.414. The third kappa shape index (κ3) is 3.55. The highest BCUT2D eigenvalue weighted by Crippen LogP contribution is 2.42. The molecule has 0 saturated carbocycles. The van der Waals surface area contributed by atoms with Crippen molar-refractivity contribution in [3.63, 3.8) is 0 Å². The van der Waals surface area contributed by atoms with Crippen LogP contribution in [-0.2, 0) is 0 Å². The molecule has 0 N–H and O–H groups in total. The Hall–Kier alpha value is -2.86. The van der Waals surface area contributed by atoms with Gasteiger partial charge in [-0.25, -0.2) is 0 Å². The van der Waals surface area contributed by atoms with Gasteiger partial charge in [-0.05, 0) is 35.1 Å². The van der Waals surface area contributed by atoms with E-state index in [0.29, 0.717) is 11.8 Å². The number of benzene rings is 2. The molecule has 0 bridgehead atoms. The van der Waals surface area contributed by atoms with Gasteiger partial charge >= 0.3 is 0 Å². The summed E-state index contributed by atoms with van der Waals surface area (Å²) in [5, 5.41) is 0. The van der Waals surface area contributed by atoms with Crippen molar-refractivity contribution in [2.45, 2.75) is 12.8 Å². The number of hydrogen-bond acceptors (Lipinski definition) is 0. The van der Waals surface area contributed by atoms with Crippen LogP contribution < -0.4 is 0 Å². The van der Waals surface area contributed by atoms with E-state index < -0.39 is 0 Å². The van der Waals surface area contributed by atoms with Crippen LogP contribution in [0, 0.1) is 11.8 Å². The molecule has 2 atom stereocenters. The van der Waals surface area contributed by atoms with Gasteiger partial charge in [0, 0.05) is 11.8 Å². The molecule has 0 heterocycles. The molecule has 0 heteroatoms. The fraction of sp³-hybridized carbons (Fsp3) is 0.154. The molecule has 0 amide bonds. The van der Waals surface area contributed by atoms with E-state index in [4.69, 9.17) is 0 Å². The number of hydrogen-bond donors (Lipinski definition) is 0. The second-order valence-corrected chi connectivity index (χ2v) is 6.87. The standard InChI is InChI=1S/C26H24/c1-5-13-21(14-6-1)25(22-15-7-2-8-16-22)26(23-17-9-3-10-18-23)24-19-11-4-12-20-24/h1-15,17-19,22,24H,16,20H2/b26-25-. The Morgan fingerprint density at radius 2 is 0.962 bits per heavy atom. The van der Waals surface area contributed by atoms with Crippen molar-refractivity contribution in [1.29, 1.82) is 0 Å². The second-order valence-electron chi connectivity index (χ2n) is 6.87. The molecule has 2 aromatic carbocycles. The van der Waals surface area contributed by atoms with Crippen LogP contribution in [0.1, 0.15) is 24.0 Å². The largest absolute Gasteiger partial charge is 0.0836 e. The summed E-state index contributed by atoms with van der Waals surface area (Å²) in [7, 11) is 0. The van der Waals surface area contributed by atoms with Crippen molar-refractivity contribution in [2.24, 2.45) is 11.8 Å². The monoisotopic (exact) mass is 336 g/mol. The molecule has 2 aromatic rings. The lowest BCUT2D eigenvalue weighted by Gasteiger charge is -2.27. The zero-order chi connectivity index (χ0) is 17.6. The fourth-order valence-corrected chi connectivity index (χ4v) is 3.96. The summed E-state index contributed by atoms with van der Waals surface area (Å²) in [6.07, 6.45) is 20.1. The van der Waals surface area contributed by atoms with Crippen LogP contribution in [0.2, 0.25) is 0 Å². The van der Waals surface area contributed by atoms with E-state index in [-0.39, 0.29) is 0 Å². The first-order valence-electron chi connectivity index (χ1n) is 9.45. The van der Waals surface area contributed by atoms with Gasteiger partial charge < -0.3 is 0 Å². The Balaban J connectivity index is 1.94. The molecule has 2 aliphatic carbocycles. The van der Waals surface area contributed by atoms with E-state index >= 15 is 0 Å². The highest BCUT2D eigenvalue weighted by Gasteiger charge is 2.24. The lowest BCUT2D eigenvalue weighted by Crippen LogP contribution is -2.10. The predicted molar refractivity (Wildman–Crippen MR) is 112 cm³/mol. The zero-order valence-electron chi connectivity index (χ0n) is 15.0. The quantitative estimate of drug-likeness (QED) is 0.535. The lowest BCUT2D eigenvalue weighted by molar-refractivity contribution is 0.808. The summed E-state index contributed by atoms with van der Waals surface area (Å²) in [4.78, 5) is 0. The molecule has 0 spiro atoms. The smallest absolute Gasteiger partial charge is 0.00648 e. The third-order valence-corrected chi connectivity index (χ3v) is 5.16. The number of allylic oxidation sites excluding steroid dienone is 10. The van der Waals surface area contributed by atoms with Gasteiger partial charge in [-0.1, -0.05) is 109 Å². The zero-order valence-corrected chi connectivity index (χ0v) is 15.0. The van der Waals surface area contributed by atoms with Gasteiger partial charge in [-0.2, -0.15) is 0 Å². The molecule has 2 unspecified atom stereocenters. The van der Waals surface area contributed by atoms with Crippen LogP contribution in [0.5, 0.6) is 0 Å². The van der Waals surface area contributed by atoms with E-state index in [9.17, 15) is 0 Å². The van der Waals surface area contributed by atoms with Gasteiger partial charge in [0.25, 0.3) is 0 Å². The van der Waals surface area contributed by atoms with E-state index in [1.54, 1.807) is 0 Å². The Labute approximate surface area is 156 Å². The first-order valence-corrected chi connectivity index (χ1v) is 9.45. The summed E-state index contributed by atoms with van der Waals surface area (Å²) in [5.41, 5.74) is 5.59. The molecular weight excluding hydrogens is 312 g/mol. The first-order chi connectivity index (χ1) is 12.9. The molecule has 0 aliphatic heterocycles. The minimum absolute atomic E-state index is 0.414. The van der Waals surface area contributed by atoms with Crippen LogP contribution in [-0.4, -0.2) is 0 Å². The Bertz CT molecular complexity index is 801. The van der Waals surface area contributed by atoms with Crippen LogP contribution in [0.3, 0.4) is 0 Å². The summed E-state index contributed by atoms with van der Waals surface area (Å²) in [6, 6.07) is 21.8. The summed E-state index contributed by atoms with van der Waals surface area (Å²) in [6.45, 7) is 0. The molecule has 0 radical (unpaired) electrons. The van der Waals surface area contributed by atoms with Gasteiger partial charge in [0.05, 0.1) is 0 Å². The highest BCUT2D eigenvalue weighted by atomic mass is 14.3. The maximum absolute atomic E-state index is 2.35. The van der Waals surface area contributed by atoms with Crippen LogP contribution in [0.4, 0.5) is 0 Å². The molecule has 0 aromatic heterocycles. The molecular formula is C26H24. The van der Waals surface area contributed by atoms with Crippen LogP contribution >= 0.6 is 0 Å². The molecule has 0 nitrogen and oxygen atoms in total. The molecule has 0 fully saturated rings. The van der Waals surface area contributed by atoms with Gasteiger partial charge in [-0.15, -0.1) is 0 Å². The van der Waals surface area contributed by atoms with Crippen molar-refractivity contribution in [2.75, 3.05) is 0 Å². The molecule has 128 valence electrons. The van der Waals surface area contributed by atoms with E-state index in [1.807, 2.05) is 0 Å². The van der Waals surface area contributed by atoms with Crippen molar-refractivity contribution in [3.05, 3.63) is 120 Å². The molecule has 2 aliphatic rings. The lowest BCUT2D eigenvalue weighted by atomic mass is 9.76. The highest BCUT2D eigenvalue weighted by molar-refractivity contribution is 5.94. The Kier molecular flexibility index (Phi) is 5.12. The van der Waals surface area contributed by atoms with Crippen molar-refractivity contribution in [3.8, 4) is 0 Å². The van der Waals surface area contributed by atoms with Crippen LogP contribution in [0.25, 0.3) is 11.1 Å². The number of rotatable bonds is 4. The van der Waals surface area contributed by atoms with E-state index in [1.165, 1.54) is 22.3 Å². The van der Waals surface area contributed by atoms with Crippen molar-refractivity contribution < 1.29 is 0 Å². The maximum Gasteiger partial charge on any atom is 0.00648 e. The van der Waals surface area contributed by atoms with Crippen LogP contribution in [0.15, 0.2) is 109 Å². The Morgan fingerprint density at radius 1 is 0.538 bits per heavy atom. The molecule has 4 rings (SSSR count). The molecule has 26 heavy (non-hydrogen) atoms. The average Bonchev–Trinajstić information content (AvgIpc) is 2.74. The van der Waals surface area contributed by atoms with Gasteiger partial charge in [0.15, 0.2) is 0 Å². The maximum atomic E-state index is 2.35. The summed E-state index contributed by atoms with van der Waals surface area (Å²) >= 11 is 0. The first kappa shape index (κ1) is 16.6.